The van der Waals surface area contributed by atoms with E-state index in [1.807, 2.05) is 60.0 Å². The van der Waals surface area contributed by atoms with Gasteiger partial charge in [0.2, 0.25) is 0 Å². The van der Waals surface area contributed by atoms with Crippen LogP contribution < -0.4 is 5.73 Å². The van der Waals surface area contributed by atoms with Gasteiger partial charge >= 0.3 is 0 Å². The number of rotatable bonds is 3. The zero-order valence-corrected chi connectivity index (χ0v) is 12.2. The molecule has 0 fully saturated rings. The molecule has 0 bridgehead atoms. The van der Waals surface area contributed by atoms with E-state index in [0.717, 1.165) is 21.8 Å². The molecule has 0 saturated heterocycles. The van der Waals surface area contributed by atoms with Gasteiger partial charge in [-0.05, 0) is 11.6 Å². The van der Waals surface area contributed by atoms with Gasteiger partial charge in [-0.2, -0.15) is 0 Å². The molecule has 1 atom stereocenters. The van der Waals surface area contributed by atoms with Crippen LogP contribution in [0.5, 0.6) is 0 Å². The standard InChI is InChI=1S/C16H13ClN2S/c17-13-9-5-4-8-12(13)14-10-20-16(19-14)15(18)11-6-2-1-3-7-11/h1-10,15H,18H2. The van der Waals surface area contributed by atoms with Crippen molar-refractivity contribution in [2.45, 2.75) is 6.04 Å². The van der Waals surface area contributed by atoms with Crippen LogP contribution in [0.1, 0.15) is 16.6 Å². The first-order valence-corrected chi connectivity index (χ1v) is 7.52. The molecule has 3 rings (SSSR count). The molecule has 0 amide bonds. The summed E-state index contributed by atoms with van der Waals surface area (Å²) in [5.41, 5.74) is 9.14. The second-order valence-electron chi connectivity index (χ2n) is 4.44. The molecule has 3 aromatic rings. The van der Waals surface area contributed by atoms with E-state index in [2.05, 4.69) is 4.98 Å². The summed E-state index contributed by atoms with van der Waals surface area (Å²) in [6, 6.07) is 17.5. The summed E-state index contributed by atoms with van der Waals surface area (Å²) >= 11 is 7.76. The largest absolute Gasteiger partial charge is 0.318 e. The van der Waals surface area contributed by atoms with E-state index >= 15 is 0 Å². The van der Waals surface area contributed by atoms with Crippen LogP contribution >= 0.6 is 22.9 Å². The minimum Gasteiger partial charge on any atom is -0.318 e. The fraction of sp³-hybridized carbons (Fsp3) is 0.0625. The van der Waals surface area contributed by atoms with Crippen molar-refractivity contribution in [2.75, 3.05) is 0 Å². The third-order valence-electron chi connectivity index (χ3n) is 3.10. The monoisotopic (exact) mass is 300 g/mol. The third-order valence-corrected chi connectivity index (χ3v) is 4.35. The molecule has 0 saturated carbocycles. The lowest BCUT2D eigenvalue weighted by Crippen LogP contribution is -2.11. The van der Waals surface area contributed by atoms with Crippen LogP contribution in [-0.2, 0) is 0 Å². The maximum absolute atomic E-state index is 6.26. The molecule has 2 nitrogen and oxygen atoms in total. The Morgan fingerprint density at radius 1 is 1.00 bits per heavy atom. The number of aromatic nitrogens is 1. The number of halogens is 1. The van der Waals surface area contributed by atoms with E-state index in [9.17, 15) is 0 Å². The first kappa shape index (κ1) is 13.3. The Kier molecular flexibility index (Phi) is 3.83. The molecule has 1 aromatic heterocycles. The molecular formula is C16H13ClN2S. The van der Waals surface area contributed by atoms with Gasteiger partial charge in [0.25, 0.3) is 0 Å². The lowest BCUT2D eigenvalue weighted by atomic mass is 10.1. The van der Waals surface area contributed by atoms with E-state index in [-0.39, 0.29) is 6.04 Å². The molecule has 4 heteroatoms. The highest BCUT2D eigenvalue weighted by Crippen LogP contribution is 2.31. The minimum atomic E-state index is -0.197. The Morgan fingerprint density at radius 2 is 1.70 bits per heavy atom. The van der Waals surface area contributed by atoms with Crippen LogP contribution in [0, 0.1) is 0 Å². The molecule has 2 N–H and O–H groups in total. The Balaban J connectivity index is 1.93. The summed E-state index contributed by atoms with van der Waals surface area (Å²) in [5.74, 6) is 0. The zero-order valence-electron chi connectivity index (χ0n) is 10.7. The maximum Gasteiger partial charge on any atom is 0.115 e. The molecule has 0 aliphatic rings. The van der Waals surface area contributed by atoms with Gasteiger partial charge in [-0.3, -0.25) is 0 Å². The molecule has 0 spiro atoms. The number of nitrogens with two attached hydrogens (primary N) is 1. The molecule has 0 aliphatic heterocycles. The van der Waals surface area contributed by atoms with E-state index in [1.165, 1.54) is 0 Å². The van der Waals surface area contributed by atoms with Crippen molar-refractivity contribution >= 4 is 22.9 Å². The molecule has 2 aromatic carbocycles. The maximum atomic E-state index is 6.26. The summed E-state index contributed by atoms with van der Waals surface area (Å²) in [7, 11) is 0. The van der Waals surface area contributed by atoms with Gasteiger partial charge in [0, 0.05) is 16.0 Å². The van der Waals surface area contributed by atoms with Crippen LogP contribution in [0.3, 0.4) is 0 Å². The molecular weight excluding hydrogens is 288 g/mol. The highest BCUT2D eigenvalue weighted by molar-refractivity contribution is 7.10. The molecule has 1 unspecified atom stereocenters. The Morgan fingerprint density at radius 3 is 2.45 bits per heavy atom. The summed E-state index contributed by atoms with van der Waals surface area (Å²) in [4.78, 5) is 4.63. The van der Waals surface area contributed by atoms with Crippen molar-refractivity contribution in [3.63, 3.8) is 0 Å². The fourth-order valence-electron chi connectivity index (χ4n) is 2.03. The van der Waals surface area contributed by atoms with Crippen molar-refractivity contribution in [3.05, 3.63) is 75.6 Å². The average Bonchev–Trinajstić information content (AvgIpc) is 2.97. The number of hydrogen-bond donors (Lipinski definition) is 1. The summed E-state index contributed by atoms with van der Waals surface area (Å²) in [6.07, 6.45) is 0. The summed E-state index contributed by atoms with van der Waals surface area (Å²) < 4.78 is 0. The molecule has 20 heavy (non-hydrogen) atoms. The van der Waals surface area contributed by atoms with E-state index < -0.39 is 0 Å². The summed E-state index contributed by atoms with van der Waals surface area (Å²) in [5, 5.41) is 3.60. The molecule has 1 heterocycles. The van der Waals surface area contributed by atoms with Crippen LogP contribution in [0.2, 0.25) is 5.02 Å². The predicted molar refractivity (Wildman–Crippen MR) is 85.0 cm³/mol. The number of benzene rings is 2. The van der Waals surface area contributed by atoms with Crippen molar-refractivity contribution in [2.24, 2.45) is 5.73 Å². The van der Waals surface area contributed by atoms with Crippen molar-refractivity contribution in [1.29, 1.82) is 0 Å². The minimum absolute atomic E-state index is 0.197. The first-order chi connectivity index (χ1) is 9.75. The van der Waals surface area contributed by atoms with Crippen LogP contribution in [0.15, 0.2) is 60.0 Å². The first-order valence-electron chi connectivity index (χ1n) is 6.26. The Hall–Kier alpha value is -1.68. The quantitative estimate of drug-likeness (QED) is 0.773. The van der Waals surface area contributed by atoms with Crippen molar-refractivity contribution in [1.82, 2.24) is 4.98 Å². The van der Waals surface area contributed by atoms with Gasteiger partial charge in [0.1, 0.15) is 5.01 Å². The number of nitrogens with zero attached hydrogens (tertiary/aromatic N) is 1. The lowest BCUT2D eigenvalue weighted by Gasteiger charge is -2.08. The average molecular weight is 301 g/mol. The molecule has 0 aliphatic carbocycles. The van der Waals surface area contributed by atoms with Gasteiger partial charge in [-0.15, -0.1) is 11.3 Å². The topological polar surface area (TPSA) is 38.9 Å². The van der Waals surface area contributed by atoms with Gasteiger partial charge in [-0.1, -0.05) is 60.1 Å². The molecule has 0 radical (unpaired) electrons. The van der Waals surface area contributed by atoms with Gasteiger partial charge in [0.05, 0.1) is 11.7 Å². The van der Waals surface area contributed by atoms with Gasteiger partial charge in [-0.25, -0.2) is 4.98 Å². The Bertz CT molecular complexity index is 709. The second-order valence-corrected chi connectivity index (χ2v) is 5.74. The van der Waals surface area contributed by atoms with Crippen molar-refractivity contribution in [3.8, 4) is 11.3 Å². The van der Waals surface area contributed by atoms with Crippen LogP contribution in [-0.4, -0.2) is 4.98 Å². The van der Waals surface area contributed by atoms with E-state index in [1.54, 1.807) is 11.3 Å². The highest BCUT2D eigenvalue weighted by Gasteiger charge is 2.14. The lowest BCUT2D eigenvalue weighted by molar-refractivity contribution is 0.859. The van der Waals surface area contributed by atoms with Crippen molar-refractivity contribution < 1.29 is 0 Å². The smallest absolute Gasteiger partial charge is 0.115 e. The highest BCUT2D eigenvalue weighted by atomic mass is 35.5. The summed E-state index contributed by atoms with van der Waals surface area (Å²) in [6.45, 7) is 0. The number of thiazole rings is 1. The van der Waals surface area contributed by atoms with Gasteiger partial charge in [0.15, 0.2) is 0 Å². The normalized spacial score (nSPS) is 12.3. The number of hydrogen-bond acceptors (Lipinski definition) is 3. The van der Waals surface area contributed by atoms with Crippen LogP contribution in [0.4, 0.5) is 0 Å². The SMILES string of the molecule is NC(c1ccccc1)c1nc(-c2ccccc2Cl)cs1. The second kappa shape index (κ2) is 5.75. The predicted octanol–water partition coefficient (Wildman–Crippen LogP) is 4.51. The fourth-order valence-corrected chi connectivity index (χ4v) is 3.10. The third kappa shape index (κ3) is 2.61. The zero-order chi connectivity index (χ0) is 13.9. The molecule has 100 valence electrons. The van der Waals surface area contributed by atoms with E-state index in [4.69, 9.17) is 17.3 Å². The van der Waals surface area contributed by atoms with E-state index in [0.29, 0.717) is 5.02 Å². The van der Waals surface area contributed by atoms with Gasteiger partial charge < -0.3 is 5.73 Å². The van der Waals surface area contributed by atoms with Crippen LogP contribution in [0.25, 0.3) is 11.3 Å². The Labute approximate surface area is 126 Å².